The van der Waals surface area contributed by atoms with Gasteiger partial charge in [-0.3, -0.25) is 4.55 Å². The van der Waals surface area contributed by atoms with Gasteiger partial charge < -0.3 is 0 Å². The number of benzene rings is 1. The first-order valence-electron chi connectivity index (χ1n) is 3.78. The van der Waals surface area contributed by atoms with Crippen LogP contribution in [-0.2, 0) is 10.1 Å². The van der Waals surface area contributed by atoms with E-state index in [2.05, 4.69) is 10.8 Å². The van der Waals surface area contributed by atoms with E-state index < -0.39 is 10.1 Å². The lowest BCUT2D eigenvalue weighted by atomic mass is 10.1. The zero-order valence-corrected chi connectivity index (χ0v) is 8.87. The molecule has 0 aliphatic heterocycles. The van der Waals surface area contributed by atoms with Crippen molar-refractivity contribution < 1.29 is 13.0 Å². The quantitative estimate of drug-likeness (QED) is 0.757. The Morgan fingerprint density at radius 2 is 2.07 bits per heavy atom. The maximum absolute atomic E-state index is 11.0. The smallest absolute Gasteiger partial charge is 0.282 e. The molecule has 2 aromatic rings. The minimum Gasteiger partial charge on any atom is -0.282 e. The molecule has 0 unspecified atom stereocenters. The number of hydrogen-bond donors (Lipinski definition) is 1. The Labute approximate surface area is 85.7 Å². The second-order valence-electron chi connectivity index (χ2n) is 2.97. The van der Waals surface area contributed by atoms with Crippen molar-refractivity contribution in [3.8, 4) is 0 Å². The van der Waals surface area contributed by atoms with Crippen molar-refractivity contribution in [2.24, 2.45) is 0 Å². The fourth-order valence-electron chi connectivity index (χ4n) is 1.27. The summed E-state index contributed by atoms with van der Waals surface area (Å²) in [6.45, 7) is 1.76. The lowest BCUT2D eigenvalue weighted by molar-refractivity contribution is 0.484. The average Bonchev–Trinajstić information content (AvgIpc) is 2.47. The number of thiophene rings is 1. The summed E-state index contributed by atoms with van der Waals surface area (Å²) in [4.78, 5) is -0.0926. The van der Waals surface area contributed by atoms with Crippen LogP contribution in [0.1, 0.15) is 5.56 Å². The van der Waals surface area contributed by atoms with Crippen LogP contribution >= 0.6 is 11.3 Å². The molecule has 0 fully saturated rings. The molecule has 2 radical (unpaired) electrons. The van der Waals surface area contributed by atoms with Gasteiger partial charge in [-0.1, -0.05) is 0 Å². The average molecular weight is 226 g/mol. The summed E-state index contributed by atoms with van der Waals surface area (Å²) < 4.78 is 31.0. The van der Waals surface area contributed by atoms with Gasteiger partial charge in [0.1, 0.15) is 4.90 Å². The summed E-state index contributed by atoms with van der Waals surface area (Å²) in [6, 6.07) is 3.23. The van der Waals surface area contributed by atoms with Gasteiger partial charge in [-0.25, -0.2) is 0 Å². The summed E-state index contributed by atoms with van der Waals surface area (Å²) in [5.41, 5.74) is 0.771. The molecule has 0 saturated carbocycles. The lowest BCUT2D eigenvalue weighted by Crippen LogP contribution is -1.98. The summed E-state index contributed by atoms with van der Waals surface area (Å²) >= 11 is 1.17. The molecular weight excluding hydrogens is 220 g/mol. The van der Waals surface area contributed by atoms with Crippen molar-refractivity contribution in [2.45, 2.75) is 11.8 Å². The normalized spacial score (nSPS) is 12.1. The highest BCUT2D eigenvalue weighted by atomic mass is 32.2. The second-order valence-corrected chi connectivity index (χ2v) is 4.97. The van der Waals surface area contributed by atoms with E-state index in [1.54, 1.807) is 13.0 Å². The Kier molecular flexibility index (Phi) is 2.10. The Morgan fingerprint density at radius 1 is 1.36 bits per heavy atom. The molecule has 0 amide bonds. The van der Waals surface area contributed by atoms with E-state index in [0.29, 0.717) is 10.8 Å². The summed E-state index contributed by atoms with van der Waals surface area (Å²) in [5, 5.41) is 6.73. The molecule has 0 saturated heterocycles. The first-order valence-corrected chi connectivity index (χ1v) is 6.04. The molecule has 72 valence electrons. The third-order valence-electron chi connectivity index (χ3n) is 1.84. The molecule has 2 rings (SSSR count). The van der Waals surface area contributed by atoms with Crippen LogP contribution in [0.15, 0.2) is 17.0 Å². The monoisotopic (exact) mass is 226 g/mol. The third-order valence-corrected chi connectivity index (χ3v) is 3.34. The van der Waals surface area contributed by atoms with E-state index in [-0.39, 0.29) is 4.90 Å². The number of aryl methyl sites for hydroxylation is 1. The molecule has 0 bridgehead atoms. The fourth-order valence-corrected chi connectivity index (χ4v) is 2.74. The standard InChI is InChI=1S/C9H6O3S2/c1-6-2-7-4-13-5-8(7)9(3-6)14(10,11)12/h2-3H,1H3,(H,10,11,12). The predicted molar refractivity (Wildman–Crippen MR) is 54.0 cm³/mol. The minimum absolute atomic E-state index is 0.0926. The van der Waals surface area contributed by atoms with Gasteiger partial charge in [0, 0.05) is 10.8 Å². The highest BCUT2D eigenvalue weighted by Crippen LogP contribution is 2.26. The molecule has 5 heteroatoms. The number of hydrogen-bond acceptors (Lipinski definition) is 3. The zero-order valence-electron chi connectivity index (χ0n) is 7.23. The van der Waals surface area contributed by atoms with Gasteiger partial charge in [0.2, 0.25) is 0 Å². The van der Waals surface area contributed by atoms with Crippen LogP contribution in [0.25, 0.3) is 10.8 Å². The maximum atomic E-state index is 11.0. The van der Waals surface area contributed by atoms with E-state index in [1.165, 1.54) is 17.4 Å². The Morgan fingerprint density at radius 3 is 2.71 bits per heavy atom. The van der Waals surface area contributed by atoms with Crippen LogP contribution in [0.5, 0.6) is 0 Å². The van der Waals surface area contributed by atoms with Gasteiger partial charge in [0.15, 0.2) is 0 Å². The zero-order chi connectivity index (χ0) is 10.3. The number of rotatable bonds is 1. The minimum atomic E-state index is -4.17. The van der Waals surface area contributed by atoms with Gasteiger partial charge in [0.25, 0.3) is 10.1 Å². The van der Waals surface area contributed by atoms with Crippen molar-refractivity contribution in [2.75, 3.05) is 0 Å². The Bertz CT molecular complexity index is 581. The van der Waals surface area contributed by atoms with Crippen molar-refractivity contribution >= 4 is 32.2 Å². The first kappa shape index (κ1) is 9.64. The molecule has 1 N–H and O–H groups in total. The molecule has 1 aromatic heterocycles. The van der Waals surface area contributed by atoms with Crippen LogP contribution in [0.4, 0.5) is 0 Å². The topological polar surface area (TPSA) is 54.4 Å². The van der Waals surface area contributed by atoms with Gasteiger partial charge in [-0.15, -0.1) is 11.3 Å². The molecule has 0 aliphatic rings. The molecule has 0 atom stereocenters. The van der Waals surface area contributed by atoms with Gasteiger partial charge in [-0.05, 0) is 24.6 Å². The van der Waals surface area contributed by atoms with Crippen LogP contribution in [-0.4, -0.2) is 13.0 Å². The van der Waals surface area contributed by atoms with E-state index >= 15 is 0 Å². The summed E-state index contributed by atoms with van der Waals surface area (Å²) in [7, 11) is -4.17. The van der Waals surface area contributed by atoms with E-state index in [0.717, 1.165) is 5.56 Å². The fraction of sp³-hybridized carbons (Fsp3) is 0.111. The first-order chi connectivity index (χ1) is 6.48. The summed E-state index contributed by atoms with van der Waals surface area (Å²) in [6.07, 6.45) is 0. The van der Waals surface area contributed by atoms with Gasteiger partial charge >= 0.3 is 0 Å². The van der Waals surface area contributed by atoms with E-state index in [9.17, 15) is 8.42 Å². The highest BCUT2D eigenvalue weighted by molar-refractivity contribution is 7.86. The molecule has 0 spiro atoms. The largest absolute Gasteiger partial charge is 0.295 e. The maximum Gasteiger partial charge on any atom is 0.295 e. The predicted octanol–water partition coefficient (Wildman–Crippen LogP) is 2.06. The Balaban J connectivity index is 2.94. The highest BCUT2D eigenvalue weighted by Gasteiger charge is 2.15. The van der Waals surface area contributed by atoms with Crippen LogP contribution in [0.2, 0.25) is 0 Å². The summed E-state index contributed by atoms with van der Waals surface area (Å²) in [5.74, 6) is 0. The van der Waals surface area contributed by atoms with Gasteiger partial charge in [-0.2, -0.15) is 8.42 Å². The van der Waals surface area contributed by atoms with Crippen LogP contribution in [0.3, 0.4) is 0 Å². The van der Waals surface area contributed by atoms with E-state index in [4.69, 9.17) is 4.55 Å². The SMILES string of the molecule is Cc1cc(S(=O)(=O)O)c2[c]s[c]c2c1. The van der Waals surface area contributed by atoms with Crippen molar-refractivity contribution in [1.29, 1.82) is 0 Å². The Hall–Kier alpha value is -0.910. The molecular formula is C9H6O3S2. The van der Waals surface area contributed by atoms with E-state index in [1.807, 2.05) is 0 Å². The molecule has 1 heterocycles. The van der Waals surface area contributed by atoms with Crippen molar-refractivity contribution in [3.05, 3.63) is 28.5 Å². The molecule has 1 aromatic carbocycles. The van der Waals surface area contributed by atoms with Gasteiger partial charge in [0.05, 0.1) is 10.8 Å². The molecule has 3 nitrogen and oxygen atoms in total. The van der Waals surface area contributed by atoms with Crippen molar-refractivity contribution in [3.63, 3.8) is 0 Å². The lowest BCUT2D eigenvalue weighted by Gasteiger charge is -2.00. The second kappa shape index (κ2) is 3.05. The molecule has 14 heavy (non-hydrogen) atoms. The molecule has 0 aliphatic carbocycles. The third kappa shape index (κ3) is 1.54. The van der Waals surface area contributed by atoms with Crippen molar-refractivity contribution in [1.82, 2.24) is 0 Å². The van der Waals surface area contributed by atoms with Crippen LogP contribution < -0.4 is 0 Å². The van der Waals surface area contributed by atoms with Crippen LogP contribution in [0, 0.1) is 17.7 Å². The number of fused-ring (bicyclic) bond motifs is 1.